The van der Waals surface area contributed by atoms with Crippen molar-refractivity contribution in [3.05, 3.63) is 192 Å². The Labute approximate surface area is 279 Å². The van der Waals surface area contributed by atoms with Gasteiger partial charge in [0.15, 0.2) is 0 Å². The van der Waals surface area contributed by atoms with Crippen LogP contribution in [0.2, 0.25) is 0 Å². The summed E-state index contributed by atoms with van der Waals surface area (Å²) in [5, 5.41) is 22.2. The van der Waals surface area contributed by atoms with Gasteiger partial charge in [-0.1, -0.05) is 121 Å². The number of benzene rings is 6. The van der Waals surface area contributed by atoms with Gasteiger partial charge >= 0.3 is 30.8 Å². The zero-order chi connectivity index (χ0) is 31.9. The van der Waals surface area contributed by atoms with E-state index in [9.17, 15) is 19.1 Å². The fraction of sp³-hybridized carbons (Fsp3) is 0. The first-order valence-corrected chi connectivity index (χ1v) is 14.0. The number of aromatic carboxylic acids is 2. The molecule has 0 heterocycles. The van der Waals surface area contributed by atoms with Gasteiger partial charge in [-0.15, -0.1) is 11.4 Å². The summed E-state index contributed by atoms with van der Waals surface area (Å²) >= 11 is 0. The summed E-state index contributed by atoms with van der Waals surface area (Å²) in [7, 11) is 0. The van der Waals surface area contributed by atoms with Crippen LogP contribution in [0.15, 0.2) is 170 Å². The Morgan fingerprint density at radius 3 is 1.22 bits per heavy atom. The molecule has 0 spiro atoms. The van der Waals surface area contributed by atoms with Crippen LogP contribution in [0, 0.1) is 5.82 Å². The number of carboxylic acid groups (broad SMARTS) is 2. The fourth-order valence-electron chi connectivity index (χ4n) is 4.22. The van der Waals surface area contributed by atoms with Crippen molar-refractivity contribution in [2.45, 2.75) is 0 Å². The van der Waals surface area contributed by atoms with Crippen molar-refractivity contribution in [1.29, 1.82) is 0 Å². The van der Waals surface area contributed by atoms with Crippen molar-refractivity contribution >= 4 is 40.4 Å². The van der Waals surface area contributed by atoms with E-state index in [4.69, 9.17) is 5.11 Å². The normalized spacial score (nSPS) is 9.59. The molecule has 0 aromatic heterocycles. The maximum absolute atomic E-state index is 12.5. The SMILES string of the molecule is O=C(O)c1ccccc1F.O=C(O)c1ccccc1N(c1ccccc1)c1ccccc1.[Li+].c1ccc([N-]c2ccccc2)cc1. The summed E-state index contributed by atoms with van der Waals surface area (Å²) in [6.45, 7) is 0. The third-order valence-corrected chi connectivity index (χ3v) is 6.28. The maximum atomic E-state index is 12.5. The molecule has 0 atom stereocenters. The van der Waals surface area contributed by atoms with E-state index in [0.717, 1.165) is 28.8 Å². The number of halogens is 1. The first kappa shape index (κ1) is 34.9. The molecule has 0 fully saturated rings. The average Bonchev–Trinajstić information content (AvgIpc) is 3.08. The number of carboxylic acids is 2. The van der Waals surface area contributed by atoms with Crippen LogP contribution < -0.4 is 23.8 Å². The van der Waals surface area contributed by atoms with E-state index in [1.54, 1.807) is 12.1 Å². The van der Waals surface area contributed by atoms with E-state index in [2.05, 4.69) is 5.32 Å². The molecule has 0 radical (unpaired) electrons. The number of hydrogen-bond donors (Lipinski definition) is 2. The Kier molecular flexibility index (Phi) is 13.8. The van der Waals surface area contributed by atoms with Gasteiger partial charge in [0.1, 0.15) is 5.82 Å². The predicted octanol–water partition coefficient (Wildman–Crippen LogP) is 7.41. The smallest absolute Gasteiger partial charge is 0.658 e. The van der Waals surface area contributed by atoms with Gasteiger partial charge in [-0.3, -0.25) is 0 Å². The second kappa shape index (κ2) is 18.3. The van der Waals surface area contributed by atoms with Crippen LogP contribution in [-0.2, 0) is 0 Å². The molecule has 0 unspecified atom stereocenters. The summed E-state index contributed by atoms with van der Waals surface area (Å²) in [6, 6.07) is 51.7. The Hall–Kier alpha value is -5.61. The summed E-state index contributed by atoms with van der Waals surface area (Å²) in [4.78, 5) is 23.7. The number of para-hydroxylation sites is 5. The molecule has 0 saturated carbocycles. The number of carbonyl (C=O) groups is 2. The predicted molar refractivity (Wildman–Crippen MR) is 177 cm³/mol. The van der Waals surface area contributed by atoms with E-state index in [0.29, 0.717) is 5.69 Å². The minimum absolute atomic E-state index is 0. The summed E-state index contributed by atoms with van der Waals surface area (Å²) in [5.74, 6) is -2.87. The molecule has 6 nitrogen and oxygen atoms in total. The topological polar surface area (TPSA) is 91.9 Å². The zero-order valence-corrected chi connectivity index (χ0v) is 25.1. The molecule has 0 saturated heterocycles. The Bertz CT molecular complexity index is 1720. The van der Waals surface area contributed by atoms with Crippen LogP contribution in [0.3, 0.4) is 0 Å². The summed E-state index contributed by atoms with van der Waals surface area (Å²) < 4.78 is 12.5. The van der Waals surface area contributed by atoms with E-state index in [1.165, 1.54) is 18.2 Å². The van der Waals surface area contributed by atoms with Gasteiger partial charge in [0.2, 0.25) is 0 Å². The molecule has 2 N–H and O–H groups in total. The average molecular weight is 605 g/mol. The van der Waals surface area contributed by atoms with Crippen LogP contribution >= 0.6 is 0 Å². The number of hydrogen-bond acceptors (Lipinski definition) is 3. The van der Waals surface area contributed by atoms with Crippen molar-refractivity contribution in [2.24, 2.45) is 0 Å². The molecular weight excluding hydrogens is 574 g/mol. The Morgan fingerprint density at radius 1 is 0.478 bits per heavy atom. The van der Waals surface area contributed by atoms with E-state index in [1.807, 2.05) is 138 Å². The third-order valence-electron chi connectivity index (χ3n) is 6.28. The second-order valence-corrected chi connectivity index (χ2v) is 9.40. The molecule has 6 aromatic carbocycles. The van der Waals surface area contributed by atoms with E-state index in [-0.39, 0.29) is 30.0 Å². The van der Waals surface area contributed by atoms with Gasteiger partial charge in [-0.2, -0.15) is 0 Å². The van der Waals surface area contributed by atoms with E-state index >= 15 is 0 Å². The van der Waals surface area contributed by atoms with Gasteiger partial charge in [0, 0.05) is 11.4 Å². The molecule has 0 aliphatic carbocycles. The van der Waals surface area contributed by atoms with Crippen LogP contribution in [0.4, 0.5) is 32.8 Å². The molecule has 0 aliphatic heterocycles. The third kappa shape index (κ3) is 10.2. The van der Waals surface area contributed by atoms with Gasteiger partial charge < -0.3 is 20.4 Å². The minimum atomic E-state index is -1.24. The van der Waals surface area contributed by atoms with Crippen molar-refractivity contribution in [1.82, 2.24) is 0 Å². The number of anilines is 3. The Morgan fingerprint density at radius 2 is 0.826 bits per heavy atom. The second-order valence-electron chi connectivity index (χ2n) is 9.40. The Balaban J connectivity index is 0.000000204. The van der Waals surface area contributed by atoms with Crippen LogP contribution in [0.5, 0.6) is 0 Å². The van der Waals surface area contributed by atoms with Crippen LogP contribution in [0.1, 0.15) is 20.7 Å². The largest absolute Gasteiger partial charge is 1.00 e. The molecule has 0 aliphatic rings. The monoisotopic (exact) mass is 604 g/mol. The quantitative estimate of drug-likeness (QED) is 0.185. The van der Waals surface area contributed by atoms with Crippen LogP contribution in [0.25, 0.3) is 5.32 Å². The summed E-state index contributed by atoms with van der Waals surface area (Å²) in [6.07, 6.45) is 0. The first-order chi connectivity index (χ1) is 21.9. The first-order valence-electron chi connectivity index (χ1n) is 14.0. The minimum Gasteiger partial charge on any atom is -0.658 e. The molecule has 224 valence electrons. The van der Waals surface area contributed by atoms with Crippen LogP contribution in [-0.4, -0.2) is 22.2 Å². The maximum Gasteiger partial charge on any atom is 1.00 e. The molecule has 0 amide bonds. The fourth-order valence-corrected chi connectivity index (χ4v) is 4.22. The zero-order valence-electron chi connectivity index (χ0n) is 25.1. The number of nitrogens with zero attached hydrogens (tertiary/aromatic N) is 2. The van der Waals surface area contributed by atoms with Crippen molar-refractivity contribution in [2.75, 3.05) is 4.90 Å². The molecule has 6 rings (SSSR count). The standard InChI is InChI=1S/C19H15NO2.C12H10N.C7H5FO2.Li/c21-19(22)17-13-7-8-14-18(17)20(15-9-3-1-4-10-15)16-11-5-2-6-12-16;1-3-7-11(8-4-1)13-12-9-5-2-6-10-12;8-6-4-2-1-3-5(6)7(9)10;/h1-14H,(H,21,22);1-10H;1-4H,(H,9,10);/q;-1;;+1. The van der Waals surface area contributed by atoms with Gasteiger partial charge in [0.05, 0.1) is 16.8 Å². The van der Waals surface area contributed by atoms with Crippen molar-refractivity contribution in [3.63, 3.8) is 0 Å². The van der Waals surface area contributed by atoms with Crippen molar-refractivity contribution < 1.29 is 43.1 Å². The van der Waals surface area contributed by atoms with Gasteiger partial charge in [-0.25, -0.2) is 14.0 Å². The van der Waals surface area contributed by atoms with E-state index < -0.39 is 17.8 Å². The molecule has 46 heavy (non-hydrogen) atoms. The number of rotatable bonds is 7. The van der Waals surface area contributed by atoms with Crippen molar-refractivity contribution in [3.8, 4) is 0 Å². The van der Waals surface area contributed by atoms with Gasteiger partial charge in [-0.05, 0) is 48.5 Å². The molecule has 0 bridgehead atoms. The molecule has 8 heteroatoms. The summed E-state index contributed by atoms with van der Waals surface area (Å²) in [5.41, 5.74) is 4.46. The van der Waals surface area contributed by atoms with Gasteiger partial charge in [0.25, 0.3) is 0 Å². The molecule has 6 aromatic rings. The molecular formula is C38H30FLiN2O4.